The second kappa shape index (κ2) is 5.83. The van der Waals surface area contributed by atoms with Crippen LogP contribution in [0.1, 0.15) is 44.9 Å². The summed E-state index contributed by atoms with van der Waals surface area (Å²) in [5, 5.41) is 0. The molecular formula is C16H22N2O4. The van der Waals surface area contributed by atoms with Crippen LogP contribution in [0.4, 0.5) is 4.79 Å². The van der Waals surface area contributed by atoms with Gasteiger partial charge in [-0.2, -0.15) is 0 Å². The Hall–Kier alpha value is -1.69. The highest BCUT2D eigenvalue weighted by Crippen LogP contribution is 2.42. The minimum atomic E-state index is -0.768. The van der Waals surface area contributed by atoms with Crippen molar-refractivity contribution in [1.29, 1.82) is 0 Å². The lowest BCUT2D eigenvalue weighted by molar-refractivity contribution is -0.144. The summed E-state index contributed by atoms with van der Waals surface area (Å²) in [4.78, 5) is 37.9. The molecule has 4 amide bonds. The van der Waals surface area contributed by atoms with Gasteiger partial charge in [0.15, 0.2) is 0 Å². The van der Waals surface area contributed by atoms with Crippen LogP contribution in [0.15, 0.2) is 12.7 Å². The molecule has 120 valence electrons. The topological polar surface area (TPSA) is 66.9 Å². The molecule has 1 saturated carbocycles. The number of urea groups is 1. The smallest absolute Gasteiger partial charge is 0.334 e. The van der Waals surface area contributed by atoms with E-state index in [4.69, 9.17) is 4.74 Å². The van der Waals surface area contributed by atoms with Crippen molar-refractivity contribution < 1.29 is 19.1 Å². The predicted molar refractivity (Wildman–Crippen MR) is 78.9 cm³/mol. The van der Waals surface area contributed by atoms with Gasteiger partial charge >= 0.3 is 17.8 Å². The standard InChI is InChI=1S/C16H22N2O4/c1-2-10-17-13(19)14(20)18(15(17)21)11-12-6-9-16(22-12)7-4-3-5-8-16/h2,12H,1,3-11H2. The van der Waals surface area contributed by atoms with E-state index in [2.05, 4.69) is 6.58 Å². The third kappa shape index (κ3) is 2.56. The molecule has 0 N–H and O–H groups in total. The van der Waals surface area contributed by atoms with Gasteiger partial charge in [-0.15, -0.1) is 6.58 Å². The van der Waals surface area contributed by atoms with Gasteiger partial charge in [-0.1, -0.05) is 25.3 Å². The number of nitrogens with zero attached hydrogens (tertiary/aromatic N) is 2. The number of hydrogen-bond acceptors (Lipinski definition) is 4. The Bertz CT molecular complexity index is 510. The Balaban J connectivity index is 1.64. The van der Waals surface area contributed by atoms with E-state index < -0.39 is 17.8 Å². The summed E-state index contributed by atoms with van der Waals surface area (Å²) in [6.45, 7) is 3.75. The predicted octanol–water partition coefficient (Wildman–Crippen LogP) is 1.85. The Kier molecular flexibility index (Phi) is 4.04. The highest BCUT2D eigenvalue weighted by Gasteiger charge is 2.47. The summed E-state index contributed by atoms with van der Waals surface area (Å²) in [5.41, 5.74) is -0.0560. The maximum Gasteiger partial charge on any atom is 0.334 e. The zero-order valence-electron chi connectivity index (χ0n) is 12.8. The average Bonchev–Trinajstić information content (AvgIpc) is 2.99. The molecule has 6 heteroatoms. The maximum absolute atomic E-state index is 12.2. The quantitative estimate of drug-likeness (QED) is 0.451. The second-order valence-corrected chi connectivity index (χ2v) is 6.42. The van der Waals surface area contributed by atoms with Crippen LogP contribution in [0.25, 0.3) is 0 Å². The van der Waals surface area contributed by atoms with Crippen molar-refractivity contribution in [3.63, 3.8) is 0 Å². The van der Waals surface area contributed by atoms with E-state index in [-0.39, 0.29) is 24.8 Å². The molecule has 22 heavy (non-hydrogen) atoms. The fourth-order valence-corrected chi connectivity index (χ4v) is 3.79. The molecule has 3 fully saturated rings. The lowest BCUT2D eigenvalue weighted by Crippen LogP contribution is -2.40. The van der Waals surface area contributed by atoms with Gasteiger partial charge in [0.2, 0.25) is 0 Å². The molecule has 0 aromatic rings. The fraction of sp³-hybridized carbons (Fsp3) is 0.688. The number of rotatable bonds is 4. The number of carbonyl (C=O) groups is 3. The summed E-state index contributed by atoms with van der Waals surface area (Å²) in [7, 11) is 0. The van der Waals surface area contributed by atoms with Crippen LogP contribution < -0.4 is 0 Å². The van der Waals surface area contributed by atoms with E-state index in [1.54, 1.807) is 0 Å². The normalized spacial score (nSPS) is 28.0. The summed E-state index contributed by atoms with van der Waals surface area (Å²) < 4.78 is 6.18. The summed E-state index contributed by atoms with van der Waals surface area (Å²) in [6, 6.07) is -0.553. The van der Waals surface area contributed by atoms with Gasteiger partial charge in [0.25, 0.3) is 0 Å². The third-order valence-electron chi connectivity index (χ3n) is 4.94. The molecule has 2 aliphatic heterocycles. The van der Waals surface area contributed by atoms with Gasteiger partial charge in [0, 0.05) is 6.54 Å². The lowest BCUT2D eigenvalue weighted by Gasteiger charge is -2.33. The zero-order valence-corrected chi connectivity index (χ0v) is 12.8. The van der Waals surface area contributed by atoms with Gasteiger partial charge in [0.1, 0.15) is 0 Å². The first-order chi connectivity index (χ1) is 10.6. The van der Waals surface area contributed by atoms with Crippen molar-refractivity contribution in [1.82, 2.24) is 9.80 Å². The second-order valence-electron chi connectivity index (χ2n) is 6.42. The molecule has 1 aliphatic carbocycles. The maximum atomic E-state index is 12.2. The highest BCUT2D eigenvalue weighted by molar-refractivity contribution is 6.44. The molecule has 1 spiro atoms. The lowest BCUT2D eigenvalue weighted by atomic mass is 9.83. The first-order valence-corrected chi connectivity index (χ1v) is 8.02. The van der Waals surface area contributed by atoms with Crippen LogP contribution in [0.3, 0.4) is 0 Å². The van der Waals surface area contributed by atoms with Crippen LogP contribution in [-0.4, -0.2) is 52.4 Å². The first-order valence-electron chi connectivity index (χ1n) is 8.02. The molecule has 1 unspecified atom stereocenters. The van der Waals surface area contributed by atoms with Crippen molar-refractivity contribution >= 4 is 17.8 Å². The summed E-state index contributed by atoms with van der Waals surface area (Å²) in [6.07, 6.45) is 8.85. The Morgan fingerprint density at radius 3 is 2.45 bits per heavy atom. The van der Waals surface area contributed by atoms with Crippen molar-refractivity contribution in [2.45, 2.75) is 56.7 Å². The highest BCUT2D eigenvalue weighted by atomic mass is 16.5. The molecular weight excluding hydrogens is 284 g/mol. The number of amides is 4. The zero-order chi connectivity index (χ0) is 15.7. The minimum absolute atomic E-state index is 0.0560. The molecule has 3 rings (SSSR count). The molecule has 6 nitrogen and oxygen atoms in total. The minimum Gasteiger partial charge on any atom is -0.370 e. The molecule has 0 aromatic heterocycles. The SMILES string of the molecule is C=CCN1C(=O)C(=O)N(CC2CCC3(CCCCC3)O2)C1=O. The van der Waals surface area contributed by atoms with Crippen molar-refractivity contribution in [3.8, 4) is 0 Å². The number of carbonyl (C=O) groups excluding carboxylic acids is 3. The molecule has 3 aliphatic rings. The van der Waals surface area contributed by atoms with E-state index in [0.29, 0.717) is 0 Å². The van der Waals surface area contributed by atoms with E-state index in [9.17, 15) is 14.4 Å². The van der Waals surface area contributed by atoms with E-state index in [0.717, 1.165) is 35.5 Å². The van der Waals surface area contributed by atoms with Crippen molar-refractivity contribution in [3.05, 3.63) is 12.7 Å². The van der Waals surface area contributed by atoms with Crippen LogP contribution >= 0.6 is 0 Å². The number of imide groups is 2. The van der Waals surface area contributed by atoms with Gasteiger partial charge in [-0.3, -0.25) is 19.4 Å². The Labute approximate surface area is 130 Å². The van der Waals surface area contributed by atoms with Gasteiger partial charge in [0.05, 0.1) is 18.2 Å². The first kappa shape index (κ1) is 15.2. The van der Waals surface area contributed by atoms with E-state index in [1.165, 1.54) is 25.3 Å². The summed E-state index contributed by atoms with van der Waals surface area (Å²) in [5.74, 6) is -1.52. The van der Waals surface area contributed by atoms with Gasteiger partial charge in [-0.25, -0.2) is 4.79 Å². The van der Waals surface area contributed by atoms with Crippen LogP contribution in [-0.2, 0) is 14.3 Å². The van der Waals surface area contributed by atoms with Crippen LogP contribution in [0, 0.1) is 0 Å². The monoisotopic (exact) mass is 306 g/mol. The molecule has 2 heterocycles. The van der Waals surface area contributed by atoms with Gasteiger partial charge < -0.3 is 4.74 Å². The summed E-state index contributed by atoms with van der Waals surface area (Å²) >= 11 is 0. The number of hydrogen-bond donors (Lipinski definition) is 0. The average molecular weight is 306 g/mol. The molecule has 0 bridgehead atoms. The van der Waals surface area contributed by atoms with E-state index >= 15 is 0 Å². The molecule has 1 atom stereocenters. The molecule has 0 radical (unpaired) electrons. The Morgan fingerprint density at radius 2 is 1.77 bits per heavy atom. The third-order valence-corrected chi connectivity index (χ3v) is 4.94. The van der Waals surface area contributed by atoms with E-state index in [1.807, 2.05) is 0 Å². The Morgan fingerprint density at radius 1 is 1.09 bits per heavy atom. The largest absolute Gasteiger partial charge is 0.370 e. The van der Waals surface area contributed by atoms with Crippen LogP contribution in [0.5, 0.6) is 0 Å². The fourth-order valence-electron chi connectivity index (χ4n) is 3.79. The van der Waals surface area contributed by atoms with Crippen LogP contribution in [0.2, 0.25) is 0 Å². The van der Waals surface area contributed by atoms with Gasteiger partial charge in [-0.05, 0) is 25.7 Å². The van der Waals surface area contributed by atoms with Crippen molar-refractivity contribution in [2.24, 2.45) is 0 Å². The number of ether oxygens (including phenoxy) is 1. The van der Waals surface area contributed by atoms with Crippen molar-refractivity contribution in [2.75, 3.05) is 13.1 Å². The molecule has 2 saturated heterocycles. The molecule has 0 aromatic carbocycles.